The number of fused-ring (bicyclic) bond motifs is 1. The van der Waals surface area contributed by atoms with Crippen molar-refractivity contribution in [2.45, 2.75) is 29.1 Å². The second-order valence-corrected chi connectivity index (χ2v) is 7.22. The summed E-state index contributed by atoms with van der Waals surface area (Å²) in [5, 5.41) is 20.7. The number of aromatic nitrogens is 5. The number of pyridine rings is 1. The van der Waals surface area contributed by atoms with Crippen LogP contribution in [0, 0.1) is 11.3 Å². The van der Waals surface area contributed by atoms with Crippen molar-refractivity contribution in [3.8, 4) is 17.5 Å². The highest BCUT2D eigenvalue weighted by Gasteiger charge is 2.31. The Morgan fingerprint density at radius 1 is 1.12 bits per heavy atom. The third-order valence-electron chi connectivity index (χ3n) is 4.44. The SMILES string of the molecule is N#Cc1cccc(Sc2nnc(-c3c[nH]c4ccccc34)n2C2CC2)n1. The van der Waals surface area contributed by atoms with E-state index in [1.165, 1.54) is 11.8 Å². The van der Waals surface area contributed by atoms with Crippen LogP contribution in [0.4, 0.5) is 0 Å². The van der Waals surface area contributed by atoms with E-state index in [1.54, 1.807) is 6.07 Å². The summed E-state index contributed by atoms with van der Waals surface area (Å²) in [5.74, 6) is 0.879. The Hall–Kier alpha value is -3.11. The lowest BCUT2D eigenvalue weighted by atomic mass is 10.1. The third-order valence-corrected chi connectivity index (χ3v) is 5.34. The van der Waals surface area contributed by atoms with Crippen molar-refractivity contribution in [1.29, 1.82) is 5.26 Å². The zero-order chi connectivity index (χ0) is 17.5. The van der Waals surface area contributed by atoms with Gasteiger partial charge in [0, 0.05) is 28.7 Å². The van der Waals surface area contributed by atoms with E-state index in [0.29, 0.717) is 11.7 Å². The lowest BCUT2D eigenvalue weighted by molar-refractivity contribution is 0.669. The minimum atomic E-state index is 0.407. The molecule has 0 aliphatic heterocycles. The van der Waals surface area contributed by atoms with Crippen molar-refractivity contribution in [2.24, 2.45) is 0 Å². The van der Waals surface area contributed by atoms with E-state index < -0.39 is 0 Å². The molecule has 7 heteroatoms. The van der Waals surface area contributed by atoms with Crippen molar-refractivity contribution < 1.29 is 0 Å². The first kappa shape index (κ1) is 15.2. The van der Waals surface area contributed by atoms with Crippen molar-refractivity contribution >= 4 is 22.7 Å². The van der Waals surface area contributed by atoms with Gasteiger partial charge in [-0.1, -0.05) is 24.3 Å². The number of H-pyrrole nitrogens is 1. The molecule has 26 heavy (non-hydrogen) atoms. The number of para-hydroxylation sites is 1. The quantitative estimate of drug-likeness (QED) is 0.592. The zero-order valence-corrected chi connectivity index (χ0v) is 14.6. The fourth-order valence-corrected chi connectivity index (χ4v) is 3.97. The smallest absolute Gasteiger partial charge is 0.198 e. The molecule has 1 fully saturated rings. The van der Waals surface area contributed by atoms with Crippen molar-refractivity contribution in [1.82, 2.24) is 24.7 Å². The first-order chi connectivity index (χ1) is 12.8. The molecule has 1 aliphatic rings. The first-order valence-corrected chi connectivity index (χ1v) is 9.21. The van der Waals surface area contributed by atoms with E-state index >= 15 is 0 Å². The molecule has 3 aromatic heterocycles. The van der Waals surface area contributed by atoms with Crippen LogP contribution in [-0.2, 0) is 0 Å². The Bertz CT molecular complexity index is 1150. The minimum absolute atomic E-state index is 0.407. The molecule has 0 spiro atoms. The van der Waals surface area contributed by atoms with Gasteiger partial charge in [-0.3, -0.25) is 4.57 Å². The standard InChI is InChI=1S/C19H14N6S/c20-10-12-4-3-7-17(22-12)26-19-24-23-18(25(19)13-8-9-13)15-11-21-16-6-2-1-5-14(15)16/h1-7,11,13,21H,8-9H2. The van der Waals surface area contributed by atoms with Crippen LogP contribution in [0.2, 0.25) is 0 Å². The monoisotopic (exact) mass is 358 g/mol. The van der Waals surface area contributed by atoms with E-state index in [1.807, 2.05) is 30.5 Å². The summed E-state index contributed by atoms with van der Waals surface area (Å²) in [6, 6.07) is 16.1. The van der Waals surface area contributed by atoms with Gasteiger partial charge in [0.2, 0.25) is 0 Å². The molecule has 1 saturated carbocycles. The molecule has 6 nitrogen and oxygen atoms in total. The van der Waals surface area contributed by atoms with Gasteiger partial charge in [-0.15, -0.1) is 10.2 Å². The van der Waals surface area contributed by atoms with E-state index in [2.05, 4.69) is 42.9 Å². The van der Waals surface area contributed by atoms with Crippen LogP contribution in [0.25, 0.3) is 22.3 Å². The van der Waals surface area contributed by atoms with Gasteiger partial charge in [0.1, 0.15) is 16.8 Å². The molecule has 5 rings (SSSR count). The fourth-order valence-electron chi connectivity index (χ4n) is 3.08. The predicted molar refractivity (Wildman–Crippen MR) is 98.7 cm³/mol. The highest BCUT2D eigenvalue weighted by Crippen LogP contribution is 2.43. The Morgan fingerprint density at radius 2 is 2.00 bits per heavy atom. The van der Waals surface area contributed by atoms with Crippen LogP contribution in [0.15, 0.2) is 58.8 Å². The molecule has 1 aliphatic carbocycles. The van der Waals surface area contributed by atoms with Crippen LogP contribution in [0.3, 0.4) is 0 Å². The molecule has 126 valence electrons. The second-order valence-electron chi connectivity index (χ2n) is 6.23. The lowest BCUT2D eigenvalue weighted by Crippen LogP contribution is -1.99. The summed E-state index contributed by atoms with van der Waals surface area (Å²) in [7, 11) is 0. The van der Waals surface area contributed by atoms with Gasteiger partial charge in [0.25, 0.3) is 0 Å². The van der Waals surface area contributed by atoms with Crippen LogP contribution in [0.5, 0.6) is 0 Å². The first-order valence-electron chi connectivity index (χ1n) is 8.40. The van der Waals surface area contributed by atoms with Crippen LogP contribution >= 0.6 is 11.8 Å². The zero-order valence-electron chi connectivity index (χ0n) is 13.8. The van der Waals surface area contributed by atoms with Crippen molar-refractivity contribution in [3.63, 3.8) is 0 Å². The van der Waals surface area contributed by atoms with Crippen molar-refractivity contribution in [3.05, 3.63) is 54.4 Å². The van der Waals surface area contributed by atoms with E-state index in [-0.39, 0.29) is 0 Å². The molecule has 0 amide bonds. The number of nitrogens with zero attached hydrogens (tertiary/aromatic N) is 5. The number of nitriles is 1. The van der Waals surface area contributed by atoms with E-state index in [9.17, 15) is 0 Å². The summed E-state index contributed by atoms with van der Waals surface area (Å²) in [5.41, 5.74) is 2.56. The highest BCUT2D eigenvalue weighted by molar-refractivity contribution is 7.99. The molecule has 1 N–H and O–H groups in total. The molecular weight excluding hydrogens is 344 g/mol. The summed E-state index contributed by atoms with van der Waals surface area (Å²) in [6.45, 7) is 0. The average Bonchev–Trinajstić information content (AvgIpc) is 3.30. The lowest BCUT2D eigenvalue weighted by Gasteiger charge is -2.08. The maximum atomic E-state index is 9.05. The summed E-state index contributed by atoms with van der Waals surface area (Å²) < 4.78 is 2.21. The normalized spacial score (nSPS) is 13.8. The number of aromatic amines is 1. The number of nitrogens with one attached hydrogen (secondary N) is 1. The number of hydrogen-bond acceptors (Lipinski definition) is 5. The van der Waals surface area contributed by atoms with Gasteiger partial charge in [-0.25, -0.2) is 4.98 Å². The summed E-state index contributed by atoms with van der Waals surface area (Å²) in [6.07, 6.45) is 4.26. The maximum Gasteiger partial charge on any atom is 0.198 e. The Kier molecular flexibility index (Phi) is 3.50. The average molecular weight is 358 g/mol. The van der Waals surface area contributed by atoms with Gasteiger partial charge in [-0.2, -0.15) is 5.26 Å². The van der Waals surface area contributed by atoms with Gasteiger partial charge < -0.3 is 4.98 Å². The number of rotatable bonds is 4. The molecule has 0 atom stereocenters. The van der Waals surface area contributed by atoms with Gasteiger partial charge >= 0.3 is 0 Å². The largest absolute Gasteiger partial charge is 0.360 e. The topological polar surface area (TPSA) is 83.2 Å². The molecule has 0 saturated heterocycles. The van der Waals surface area contributed by atoms with Crippen LogP contribution < -0.4 is 0 Å². The molecular formula is C19H14N6S. The summed E-state index contributed by atoms with van der Waals surface area (Å²) in [4.78, 5) is 7.65. The van der Waals surface area contributed by atoms with Gasteiger partial charge in [0.15, 0.2) is 11.0 Å². The number of benzene rings is 1. The molecule has 1 aromatic carbocycles. The van der Waals surface area contributed by atoms with Crippen molar-refractivity contribution in [2.75, 3.05) is 0 Å². The van der Waals surface area contributed by atoms with E-state index in [4.69, 9.17) is 5.26 Å². The Balaban J connectivity index is 1.59. The molecule has 0 radical (unpaired) electrons. The summed E-state index contributed by atoms with van der Waals surface area (Å²) >= 11 is 1.45. The molecule has 0 bridgehead atoms. The number of hydrogen-bond donors (Lipinski definition) is 1. The second kappa shape index (κ2) is 6.00. The Labute approximate surface area is 153 Å². The van der Waals surface area contributed by atoms with Gasteiger partial charge in [0.05, 0.1) is 0 Å². The van der Waals surface area contributed by atoms with Crippen LogP contribution in [0.1, 0.15) is 24.6 Å². The van der Waals surface area contributed by atoms with Gasteiger partial charge in [-0.05, 0) is 42.8 Å². The molecule has 0 unspecified atom stereocenters. The Morgan fingerprint density at radius 3 is 2.85 bits per heavy atom. The molecule has 3 heterocycles. The minimum Gasteiger partial charge on any atom is -0.360 e. The third kappa shape index (κ3) is 2.55. The fraction of sp³-hybridized carbons (Fsp3) is 0.158. The van der Waals surface area contributed by atoms with Crippen LogP contribution in [-0.4, -0.2) is 24.7 Å². The van der Waals surface area contributed by atoms with E-state index in [0.717, 1.165) is 45.3 Å². The molecule has 4 aromatic rings. The maximum absolute atomic E-state index is 9.05. The predicted octanol–water partition coefficient (Wildman–Crippen LogP) is 4.18. The highest BCUT2D eigenvalue weighted by atomic mass is 32.2.